The molecule has 1 aliphatic heterocycles. The van der Waals surface area contributed by atoms with Crippen LogP contribution in [0.4, 0.5) is 4.79 Å². The van der Waals surface area contributed by atoms with E-state index in [1.54, 1.807) is 6.08 Å². The lowest BCUT2D eigenvalue weighted by molar-refractivity contribution is -0.129. The number of hydrogen-bond donors (Lipinski definition) is 2. The standard InChI is InChI=1S/C17H21N3O3/c1-3-11-18-15(21)10-9-14-16(22)20(17(23)19-14)12(2)13-7-5-4-6-8-13/h3-8,12,14H,1,9-11H2,2H3,(H,18,21)(H,19,23)/t12-,14-/m0/s1. The molecule has 0 aliphatic carbocycles. The molecule has 2 rings (SSSR count). The lowest BCUT2D eigenvalue weighted by Gasteiger charge is -2.21. The first-order chi connectivity index (χ1) is 11.0. The molecular weight excluding hydrogens is 294 g/mol. The molecule has 0 unspecified atom stereocenters. The SMILES string of the molecule is C=CCNC(=O)CC[C@@H]1NC(=O)N([C@@H](C)c2ccccc2)C1=O. The Bertz CT molecular complexity index is 600. The summed E-state index contributed by atoms with van der Waals surface area (Å²) in [5.41, 5.74) is 0.889. The van der Waals surface area contributed by atoms with Gasteiger partial charge in [-0.25, -0.2) is 4.79 Å². The molecule has 0 saturated carbocycles. The Hall–Kier alpha value is -2.63. The van der Waals surface area contributed by atoms with Crippen LogP contribution < -0.4 is 10.6 Å². The summed E-state index contributed by atoms with van der Waals surface area (Å²) in [5, 5.41) is 5.30. The van der Waals surface area contributed by atoms with E-state index in [1.165, 1.54) is 4.90 Å². The third kappa shape index (κ3) is 3.97. The van der Waals surface area contributed by atoms with Crippen molar-refractivity contribution < 1.29 is 14.4 Å². The predicted molar refractivity (Wildman–Crippen MR) is 86.5 cm³/mol. The second-order valence-corrected chi connectivity index (χ2v) is 5.43. The molecule has 1 aromatic carbocycles. The van der Waals surface area contributed by atoms with Gasteiger partial charge in [0.2, 0.25) is 5.91 Å². The van der Waals surface area contributed by atoms with Crippen molar-refractivity contribution in [2.24, 2.45) is 0 Å². The number of urea groups is 1. The van der Waals surface area contributed by atoms with Crippen LogP contribution in [-0.2, 0) is 9.59 Å². The second-order valence-electron chi connectivity index (χ2n) is 5.43. The Balaban J connectivity index is 1.97. The smallest absolute Gasteiger partial charge is 0.325 e. The molecule has 1 aromatic rings. The van der Waals surface area contributed by atoms with E-state index in [1.807, 2.05) is 37.3 Å². The number of nitrogens with zero attached hydrogens (tertiary/aromatic N) is 1. The Morgan fingerprint density at radius 3 is 2.74 bits per heavy atom. The van der Waals surface area contributed by atoms with Gasteiger partial charge in [-0.2, -0.15) is 0 Å². The Labute approximate surface area is 135 Å². The maximum Gasteiger partial charge on any atom is 0.325 e. The molecule has 23 heavy (non-hydrogen) atoms. The van der Waals surface area contributed by atoms with Gasteiger partial charge >= 0.3 is 6.03 Å². The Morgan fingerprint density at radius 2 is 2.09 bits per heavy atom. The minimum atomic E-state index is -0.650. The zero-order chi connectivity index (χ0) is 16.8. The summed E-state index contributed by atoms with van der Waals surface area (Å²) in [6.45, 7) is 5.72. The highest BCUT2D eigenvalue weighted by Gasteiger charge is 2.40. The number of carbonyl (C=O) groups excluding carboxylic acids is 3. The molecule has 1 fully saturated rings. The summed E-state index contributed by atoms with van der Waals surface area (Å²) < 4.78 is 0. The third-order valence-electron chi connectivity index (χ3n) is 3.82. The molecule has 122 valence electrons. The van der Waals surface area contributed by atoms with Crippen LogP contribution >= 0.6 is 0 Å². The van der Waals surface area contributed by atoms with Crippen molar-refractivity contribution in [1.82, 2.24) is 15.5 Å². The number of carbonyl (C=O) groups is 3. The zero-order valence-electron chi connectivity index (χ0n) is 13.1. The van der Waals surface area contributed by atoms with Crippen LogP contribution in [0.25, 0.3) is 0 Å². The first kappa shape index (κ1) is 16.7. The van der Waals surface area contributed by atoms with Crippen molar-refractivity contribution in [2.75, 3.05) is 6.54 Å². The number of amides is 4. The molecule has 4 amide bonds. The predicted octanol–water partition coefficient (Wildman–Crippen LogP) is 1.75. The first-order valence-corrected chi connectivity index (χ1v) is 7.60. The van der Waals surface area contributed by atoms with E-state index in [0.29, 0.717) is 6.54 Å². The summed E-state index contributed by atoms with van der Waals surface area (Å²) >= 11 is 0. The number of rotatable bonds is 7. The largest absolute Gasteiger partial charge is 0.353 e. The Kier molecular flexibility index (Phi) is 5.51. The monoisotopic (exact) mass is 315 g/mol. The highest BCUT2D eigenvalue weighted by atomic mass is 16.2. The van der Waals surface area contributed by atoms with Crippen LogP contribution in [0.15, 0.2) is 43.0 Å². The summed E-state index contributed by atoms with van der Waals surface area (Å²) in [5.74, 6) is -0.454. The molecule has 6 nitrogen and oxygen atoms in total. The van der Waals surface area contributed by atoms with Gasteiger partial charge in [-0.1, -0.05) is 36.4 Å². The van der Waals surface area contributed by atoms with Gasteiger partial charge in [0.05, 0.1) is 6.04 Å². The van der Waals surface area contributed by atoms with Gasteiger partial charge in [0, 0.05) is 13.0 Å². The number of imide groups is 1. The average molecular weight is 315 g/mol. The van der Waals surface area contributed by atoms with Crippen molar-refractivity contribution in [1.29, 1.82) is 0 Å². The van der Waals surface area contributed by atoms with Gasteiger partial charge in [-0.15, -0.1) is 6.58 Å². The van der Waals surface area contributed by atoms with Crippen LogP contribution in [-0.4, -0.2) is 35.3 Å². The van der Waals surface area contributed by atoms with Gasteiger partial charge < -0.3 is 10.6 Å². The fourth-order valence-corrected chi connectivity index (χ4v) is 2.54. The van der Waals surface area contributed by atoms with Crippen LogP contribution in [0.1, 0.15) is 31.4 Å². The molecule has 1 saturated heterocycles. The summed E-state index contributed by atoms with van der Waals surface area (Å²) in [6.07, 6.45) is 2.05. The van der Waals surface area contributed by atoms with E-state index in [-0.39, 0.29) is 30.7 Å². The lowest BCUT2D eigenvalue weighted by Crippen LogP contribution is -2.34. The average Bonchev–Trinajstić information content (AvgIpc) is 2.85. The van der Waals surface area contributed by atoms with Crippen molar-refractivity contribution in [2.45, 2.75) is 31.8 Å². The van der Waals surface area contributed by atoms with E-state index in [0.717, 1.165) is 5.56 Å². The molecule has 1 aliphatic rings. The summed E-state index contributed by atoms with van der Waals surface area (Å²) in [6, 6.07) is 7.96. The number of nitrogens with one attached hydrogen (secondary N) is 2. The topological polar surface area (TPSA) is 78.5 Å². The molecule has 0 bridgehead atoms. The zero-order valence-corrected chi connectivity index (χ0v) is 13.1. The van der Waals surface area contributed by atoms with Crippen molar-refractivity contribution >= 4 is 17.8 Å². The maximum atomic E-state index is 12.5. The van der Waals surface area contributed by atoms with E-state index in [2.05, 4.69) is 17.2 Å². The van der Waals surface area contributed by atoms with Crippen molar-refractivity contribution in [3.63, 3.8) is 0 Å². The quantitative estimate of drug-likeness (QED) is 0.594. The van der Waals surface area contributed by atoms with Crippen molar-refractivity contribution in [3.8, 4) is 0 Å². The number of benzene rings is 1. The van der Waals surface area contributed by atoms with E-state index in [9.17, 15) is 14.4 Å². The summed E-state index contributed by atoms with van der Waals surface area (Å²) in [4.78, 5) is 37.4. The van der Waals surface area contributed by atoms with Crippen molar-refractivity contribution in [3.05, 3.63) is 48.6 Å². The molecule has 6 heteroatoms. The van der Waals surface area contributed by atoms with Crippen LogP contribution in [0.5, 0.6) is 0 Å². The third-order valence-corrected chi connectivity index (χ3v) is 3.82. The van der Waals surface area contributed by atoms with Gasteiger partial charge in [0.25, 0.3) is 5.91 Å². The molecular formula is C17H21N3O3. The highest BCUT2D eigenvalue weighted by Crippen LogP contribution is 2.25. The van der Waals surface area contributed by atoms with E-state index >= 15 is 0 Å². The fraction of sp³-hybridized carbons (Fsp3) is 0.353. The van der Waals surface area contributed by atoms with Crippen LogP contribution in [0.2, 0.25) is 0 Å². The normalized spacial score (nSPS) is 18.5. The van der Waals surface area contributed by atoms with Crippen LogP contribution in [0, 0.1) is 0 Å². The maximum absolute atomic E-state index is 12.5. The number of hydrogen-bond acceptors (Lipinski definition) is 3. The molecule has 1 heterocycles. The van der Waals surface area contributed by atoms with E-state index in [4.69, 9.17) is 0 Å². The van der Waals surface area contributed by atoms with E-state index < -0.39 is 12.1 Å². The molecule has 0 radical (unpaired) electrons. The van der Waals surface area contributed by atoms with Gasteiger partial charge in [0.15, 0.2) is 0 Å². The molecule has 2 N–H and O–H groups in total. The van der Waals surface area contributed by atoms with Crippen LogP contribution in [0.3, 0.4) is 0 Å². The first-order valence-electron chi connectivity index (χ1n) is 7.60. The Morgan fingerprint density at radius 1 is 1.39 bits per heavy atom. The summed E-state index contributed by atoms with van der Waals surface area (Å²) in [7, 11) is 0. The highest BCUT2D eigenvalue weighted by molar-refractivity contribution is 6.04. The van der Waals surface area contributed by atoms with Gasteiger partial charge in [-0.3, -0.25) is 14.5 Å². The molecule has 0 spiro atoms. The molecule has 0 aromatic heterocycles. The molecule has 2 atom stereocenters. The van der Waals surface area contributed by atoms with Gasteiger partial charge in [-0.05, 0) is 18.9 Å². The minimum Gasteiger partial charge on any atom is -0.353 e. The fourth-order valence-electron chi connectivity index (χ4n) is 2.54. The van der Waals surface area contributed by atoms with Gasteiger partial charge in [0.1, 0.15) is 6.04 Å². The second kappa shape index (κ2) is 7.58. The minimum absolute atomic E-state index is 0.165. The lowest BCUT2D eigenvalue weighted by atomic mass is 10.1.